The molecule has 0 saturated heterocycles. The summed E-state index contributed by atoms with van der Waals surface area (Å²) in [5, 5.41) is 3.41. The fourth-order valence-corrected chi connectivity index (χ4v) is 8.81. The number of allylic oxidation sites excluding steroid dienone is 1. The van der Waals surface area contributed by atoms with Gasteiger partial charge in [-0.15, -0.1) is 0 Å². The molecule has 2 bridgehead atoms. The van der Waals surface area contributed by atoms with E-state index in [9.17, 15) is 0 Å². The summed E-state index contributed by atoms with van der Waals surface area (Å²) in [6, 6.07) is 14.3. The molecule has 1 aliphatic carbocycles. The summed E-state index contributed by atoms with van der Waals surface area (Å²) in [6.07, 6.45) is 12.9. The lowest BCUT2D eigenvalue weighted by Crippen LogP contribution is -2.39. The summed E-state index contributed by atoms with van der Waals surface area (Å²) in [5.74, 6) is 0. The first-order chi connectivity index (χ1) is 13.6. The highest BCUT2D eigenvalue weighted by Gasteiger charge is 2.45. The topological polar surface area (TPSA) is 0 Å². The maximum atomic E-state index is 2.57. The molecule has 0 spiro atoms. The van der Waals surface area contributed by atoms with Gasteiger partial charge in [0, 0.05) is 6.42 Å². The third-order valence-electron chi connectivity index (χ3n) is 6.80. The second-order valence-corrected chi connectivity index (χ2v) is 13.5. The van der Waals surface area contributed by atoms with Crippen LogP contribution in [0.2, 0.25) is 13.1 Å². The fourth-order valence-electron chi connectivity index (χ4n) is 5.26. The minimum absolute atomic E-state index is 1.21. The first kappa shape index (κ1) is 19.7. The van der Waals surface area contributed by atoms with E-state index in [1.807, 2.05) is 0 Å². The SMILES string of the molecule is CCCCCCC1=C2c3c(ccc(c3-c3ccc(CCCC)cc3)[Si]2(C)C)[CH]1. The first-order valence-corrected chi connectivity index (χ1v) is 14.4. The minimum Gasteiger partial charge on any atom is -0.0654 e. The van der Waals surface area contributed by atoms with Crippen LogP contribution < -0.4 is 5.19 Å². The number of benzene rings is 2. The largest absolute Gasteiger partial charge is 0.113 e. The van der Waals surface area contributed by atoms with Crippen molar-refractivity contribution in [3.63, 3.8) is 0 Å². The van der Waals surface area contributed by atoms with Crippen LogP contribution in [0.5, 0.6) is 0 Å². The van der Waals surface area contributed by atoms with Crippen LogP contribution in [0, 0.1) is 6.42 Å². The monoisotopic (exact) mass is 387 g/mol. The molecule has 2 aromatic rings. The first-order valence-electron chi connectivity index (χ1n) is 11.4. The molecular weight excluding hydrogens is 352 g/mol. The van der Waals surface area contributed by atoms with Crippen molar-refractivity contribution in [2.45, 2.75) is 78.3 Å². The van der Waals surface area contributed by atoms with Crippen LogP contribution in [-0.4, -0.2) is 8.07 Å². The lowest BCUT2D eigenvalue weighted by Gasteiger charge is -2.22. The fraction of sp³-hybridized carbons (Fsp3) is 0.444. The molecule has 0 amide bonds. The second-order valence-electron chi connectivity index (χ2n) is 9.23. The van der Waals surface area contributed by atoms with Crippen molar-refractivity contribution in [3.8, 4) is 11.1 Å². The lowest BCUT2D eigenvalue weighted by molar-refractivity contribution is 0.667. The number of unbranched alkanes of at least 4 members (excludes halogenated alkanes) is 4. The highest BCUT2D eigenvalue weighted by Crippen LogP contribution is 2.50. The Labute approximate surface area is 173 Å². The Morgan fingerprint density at radius 1 is 0.714 bits per heavy atom. The summed E-state index contributed by atoms with van der Waals surface area (Å²) in [6.45, 7) is 9.71. The average Bonchev–Trinajstić information content (AvgIpc) is 3.15. The molecule has 0 fully saturated rings. The van der Waals surface area contributed by atoms with Gasteiger partial charge < -0.3 is 0 Å². The minimum atomic E-state index is -1.59. The van der Waals surface area contributed by atoms with Crippen molar-refractivity contribution >= 4 is 18.5 Å². The Kier molecular flexibility index (Phi) is 5.65. The zero-order valence-electron chi connectivity index (χ0n) is 18.2. The van der Waals surface area contributed by atoms with E-state index >= 15 is 0 Å². The molecule has 0 nitrogen and oxygen atoms in total. The van der Waals surface area contributed by atoms with Gasteiger partial charge in [0.25, 0.3) is 0 Å². The molecule has 0 aromatic heterocycles. The molecule has 2 aromatic carbocycles. The maximum Gasteiger partial charge on any atom is 0.113 e. The molecule has 2 aliphatic rings. The molecule has 1 radical (unpaired) electrons. The Morgan fingerprint density at radius 3 is 2.18 bits per heavy atom. The van der Waals surface area contributed by atoms with Gasteiger partial charge in [0.15, 0.2) is 0 Å². The van der Waals surface area contributed by atoms with Crippen molar-refractivity contribution in [3.05, 3.63) is 65.1 Å². The highest BCUT2D eigenvalue weighted by molar-refractivity contribution is 7.07. The highest BCUT2D eigenvalue weighted by atomic mass is 28.3. The Hall–Kier alpha value is -1.60. The predicted octanol–water partition coefficient (Wildman–Crippen LogP) is 7.45. The van der Waals surface area contributed by atoms with Crippen LogP contribution in [0.1, 0.15) is 75.5 Å². The summed E-state index contributed by atoms with van der Waals surface area (Å²) in [4.78, 5) is 0. The third kappa shape index (κ3) is 3.32. The number of aryl methyl sites for hydroxylation is 1. The number of fused-ring (bicyclic) bond motifs is 1. The van der Waals surface area contributed by atoms with Gasteiger partial charge in [0.2, 0.25) is 0 Å². The number of rotatable bonds is 9. The maximum absolute atomic E-state index is 2.57. The van der Waals surface area contributed by atoms with E-state index in [1.54, 1.807) is 27.1 Å². The molecule has 0 atom stereocenters. The molecule has 147 valence electrons. The van der Waals surface area contributed by atoms with E-state index in [0.717, 1.165) is 0 Å². The smallest absolute Gasteiger partial charge is 0.0654 e. The van der Waals surface area contributed by atoms with Crippen molar-refractivity contribution in [2.24, 2.45) is 0 Å². The van der Waals surface area contributed by atoms with Gasteiger partial charge in [-0.3, -0.25) is 0 Å². The molecule has 1 heterocycles. The molecule has 1 heteroatoms. The van der Waals surface area contributed by atoms with Crippen molar-refractivity contribution < 1.29 is 0 Å². The van der Waals surface area contributed by atoms with Crippen LogP contribution in [0.4, 0.5) is 0 Å². The van der Waals surface area contributed by atoms with E-state index in [0.29, 0.717) is 0 Å². The van der Waals surface area contributed by atoms with Gasteiger partial charge >= 0.3 is 0 Å². The Balaban J connectivity index is 1.69. The predicted molar refractivity (Wildman–Crippen MR) is 127 cm³/mol. The number of hydrogen-bond acceptors (Lipinski definition) is 0. The van der Waals surface area contributed by atoms with Crippen LogP contribution in [0.25, 0.3) is 16.3 Å². The van der Waals surface area contributed by atoms with Crippen LogP contribution >= 0.6 is 0 Å². The van der Waals surface area contributed by atoms with Crippen LogP contribution in [0.3, 0.4) is 0 Å². The summed E-state index contributed by atoms with van der Waals surface area (Å²) in [7, 11) is -1.59. The lowest BCUT2D eigenvalue weighted by atomic mass is 9.96. The summed E-state index contributed by atoms with van der Waals surface area (Å²) >= 11 is 0. The van der Waals surface area contributed by atoms with Crippen molar-refractivity contribution in [1.29, 1.82) is 0 Å². The van der Waals surface area contributed by atoms with Crippen molar-refractivity contribution in [1.82, 2.24) is 0 Å². The average molecular weight is 388 g/mol. The van der Waals surface area contributed by atoms with E-state index in [4.69, 9.17) is 0 Å². The van der Waals surface area contributed by atoms with Gasteiger partial charge in [-0.05, 0) is 63.9 Å². The zero-order valence-corrected chi connectivity index (χ0v) is 19.2. The quantitative estimate of drug-likeness (QED) is 0.309. The third-order valence-corrected chi connectivity index (χ3v) is 10.4. The van der Waals surface area contributed by atoms with Crippen molar-refractivity contribution in [2.75, 3.05) is 0 Å². The van der Waals surface area contributed by atoms with Crippen LogP contribution in [-0.2, 0) is 6.42 Å². The molecule has 4 rings (SSSR count). The molecule has 0 saturated carbocycles. The van der Waals surface area contributed by atoms with Gasteiger partial charge in [-0.1, -0.05) is 94.6 Å². The molecule has 28 heavy (non-hydrogen) atoms. The van der Waals surface area contributed by atoms with E-state index in [2.05, 4.69) is 69.8 Å². The van der Waals surface area contributed by atoms with Crippen LogP contribution in [0.15, 0.2) is 42.0 Å². The van der Waals surface area contributed by atoms with E-state index in [-0.39, 0.29) is 0 Å². The zero-order chi connectivity index (χ0) is 19.7. The summed E-state index contributed by atoms with van der Waals surface area (Å²) in [5.41, 5.74) is 9.21. The molecular formula is C27H35Si. The molecule has 0 N–H and O–H groups in total. The van der Waals surface area contributed by atoms with Gasteiger partial charge in [0.05, 0.1) is 0 Å². The Morgan fingerprint density at radius 2 is 1.46 bits per heavy atom. The Bertz CT molecular complexity index is 883. The standard InChI is InChI=1S/C27H35Si/c1-5-7-9-10-12-23-19-22-17-18-24-25(26(22)27(23)28(24,3)4)21-15-13-20(14-16-21)11-8-6-2/h13-19H,5-12H2,1-4H3. The van der Waals surface area contributed by atoms with E-state index < -0.39 is 8.07 Å². The molecule has 0 unspecified atom stereocenters. The van der Waals surface area contributed by atoms with Gasteiger partial charge in [0.1, 0.15) is 8.07 Å². The van der Waals surface area contributed by atoms with Gasteiger partial charge in [-0.25, -0.2) is 0 Å². The van der Waals surface area contributed by atoms with Gasteiger partial charge in [-0.2, -0.15) is 0 Å². The second kappa shape index (κ2) is 8.03. The normalized spacial score (nSPS) is 16.3. The molecule has 1 aliphatic heterocycles. The number of hydrogen-bond donors (Lipinski definition) is 0. The summed E-state index contributed by atoms with van der Waals surface area (Å²) < 4.78 is 0. The van der Waals surface area contributed by atoms with E-state index in [1.165, 1.54) is 68.1 Å².